The Balaban J connectivity index is 3.35. The summed E-state index contributed by atoms with van der Waals surface area (Å²) in [6, 6.07) is 0. The van der Waals surface area contributed by atoms with Gasteiger partial charge in [-0.3, -0.25) is 0 Å². The van der Waals surface area contributed by atoms with E-state index in [-0.39, 0.29) is 22.6 Å². The fourth-order valence-corrected chi connectivity index (χ4v) is 1.03. The smallest absolute Gasteiger partial charge is 0.242 e. The molecule has 0 fully saturated rings. The van der Waals surface area contributed by atoms with Crippen LogP contribution in [0.2, 0.25) is 5.28 Å². The van der Waals surface area contributed by atoms with E-state index in [0.717, 1.165) is 0 Å². The van der Waals surface area contributed by atoms with E-state index in [4.69, 9.17) is 27.5 Å². The first-order chi connectivity index (χ1) is 6.06. The number of rotatable bonds is 2. The van der Waals surface area contributed by atoms with E-state index in [0.29, 0.717) is 5.69 Å². The van der Waals surface area contributed by atoms with Gasteiger partial charge in [0.05, 0.1) is 12.8 Å². The minimum absolute atomic E-state index is 0.0210. The summed E-state index contributed by atoms with van der Waals surface area (Å²) in [5, 5.41) is 7.38. The molecule has 1 rings (SSSR count). The zero-order valence-electron chi connectivity index (χ0n) is 7.26. The minimum atomic E-state index is 0.0210. The van der Waals surface area contributed by atoms with Gasteiger partial charge < -0.3 is 15.9 Å². The summed E-state index contributed by atoms with van der Waals surface area (Å²) >= 11 is 5.59. The highest BCUT2D eigenvalue weighted by Gasteiger charge is 2.12. The Bertz CT molecular complexity index is 353. The van der Waals surface area contributed by atoms with Gasteiger partial charge in [0.2, 0.25) is 11.2 Å². The van der Waals surface area contributed by atoms with Gasteiger partial charge in [-0.1, -0.05) is 0 Å². The number of nitrogens with two attached hydrogens (primary N) is 1. The van der Waals surface area contributed by atoms with Crippen LogP contribution in [0.1, 0.15) is 12.6 Å². The normalized spacial score (nSPS) is 9.77. The third-order valence-electron chi connectivity index (χ3n) is 1.43. The highest BCUT2D eigenvalue weighted by Crippen LogP contribution is 2.23. The maximum Gasteiger partial charge on any atom is 0.242 e. The number of nitrogens with zero attached hydrogens (tertiary/aromatic N) is 2. The van der Waals surface area contributed by atoms with Gasteiger partial charge in [0.25, 0.3) is 0 Å². The van der Waals surface area contributed by atoms with E-state index < -0.39 is 0 Å². The summed E-state index contributed by atoms with van der Waals surface area (Å²) in [7, 11) is 1.43. The second-order valence-corrected chi connectivity index (χ2v) is 2.73. The van der Waals surface area contributed by atoms with Crippen LogP contribution in [0.5, 0.6) is 5.88 Å². The molecule has 0 saturated heterocycles. The summed E-state index contributed by atoms with van der Waals surface area (Å²) in [6.45, 7) is 1.56. The first kappa shape index (κ1) is 9.73. The van der Waals surface area contributed by atoms with Gasteiger partial charge in [-0.05, 0) is 18.5 Å². The third-order valence-corrected chi connectivity index (χ3v) is 1.60. The molecule has 6 heteroatoms. The molecule has 0 saturated carbocycles. The second kappa shape index (κ2) is 3.57. The molecular weight excluding hydrogens is 192 g/mol. The number of nitrogen functional groups attached to an aromatic ring is 1. The van der Waals surface area contributed by atoms with Crippen LogP contribution in [0.25, 0.3) is 0 Å². The topological polar surface area (TPSA) is 84.9 Å². The molecule has 0 aromatic carbocycles. The molecule has 13 heavy (non-hydrogen) atoms. The summed E-state index contributed by atoms with van der Waals surface area (Å²) < 4.78 is 4.86. The van der Waals surface area contributed by atoms with E-state index in [1.165, 1.54) is 7.11 Å². The molecule has 1 heterocycles. The average Bonchev–Trinajstić information content (AvgIpc) is 2.08. The average molecular weight is 201 g/mol. The summed E-state index contributed by atoms with van der Waals surface area (Å²) in [5.41, 5.74) is 6.37. The number of nitrogens with one attached hydrogen (secondary N) is 1. The highest BCUT2D eigenvalue weighted by molar-refractivity contribution is 6.28. The molecular formula is C7H9ClN4O. The van der Waals surface area contributed by atoms with Crippen LogP contribution in [-0.4, -0.2) is 22.8 Å². The lowest BCUT2D eigenvalue weighted by molar-refractivity contribution is 0.399. The molecule has 1 aromatic heterocycles. The first-order valence-electron chi connectivity index (χ1n) is 3.48. The Morgan fingerprint density at radius 2 is 2.15 bits per heavy atom. The maximum atomic E-state index is 7.36. The molecule has 0 atom stereocenters. The summed E-state index contributed by atoms with van der Waals surface area (Å²) in [5.74, 6) is 0.196. The fourth-order valence-electron chi connectivity index (χ4n) is 0.864. The SMILES string of the molecule is COc1nc(Cl)nc(C(C)=N)c1N. The Labute approximate surface area is 80.4 Å². The van der Waals surface area contributed by atoms with Crippen molar-refractivity contribution in [3.63, 3.8) is 0 Å². The van der Waals surface area contributed by atoms with Crippen LogP contribution < -0.4 is 10.5 Å². The number of hydrogen-bond acceptors (Lipinski definition) is 5. The zero-order chi connectivity index (χ0) is 10.0. The quantitative estimate of drug-likeness (QED) is 0.553. The molecule has 1 aromatic rings. The van der Waals surface area contributed by atoms with Crippen molar-refractivity contribution < 1.29 is 4.74 Å². The van der Waals surface area contributed by atoms with Gasteiger partial charge in [0, 0.05) is 0 Å². The molecule has 0 aliphatic rings. The molecule has 0 amide bonds. The number of aromatic nitrogens is 2. The molecule has 0 spiro atoms. The maximum absolute atomic E-state index is 7.36. The molecule has 5 nitrogen and oxygen atoms in total. The van der Waals surface area contributed by atoms with Crippen molar-refractivity contribution in [1.82, 2.24) is 9.97 Å². The fraction of sp³-hybridized carbons (Fsp3) is 0.286. The molecule has 0 unspecified atom stereocenters. The van der Waals surface area contributed by atoms with Crippen LogP contribution in [0.4, 0.5) is 5.69 Å². The molecule has 0 aliphatic heterocycles. The monoisotopic (exact) mass is 200 g/mol. The van der Waals surface area contributed by atoms with Crippen molar-refractivity contribution >= 4 is 23.0 Å². The number of halogens is 1. The standard InChI is InChI=1S/C7H9ClN4O/c1-3(9)5-4(10)6(13-2)12-7(8)11-5/h9H,10H2,1-2H3. The van der Waals surface area contributed by atoms with Crippen molar-refractivity contribution in [2.75, 3.05) is 12.8 Å². The lowest BCUT2D eigenvalue weighted by atomic mass is 10.2. The Morgan fingerprint density at radius 3 is 2.62 bits per heavy atom. The lowest BCUT2D eigenvalue weighted by Gasteiger charge is -2.07. The lowest BCUT2D eigenvalue weighted by Crippen LogP contribution is -2.07. The molecule has 70 valence electrons. The van der Waals surface area contributed by atoms with Gasteiger partial charge >= 0.3 is 0 Å². The van der Waals surface area contributed by atoms with Gasteiger partial charge in [0.15, 0.2) is 0 Å². The Kier molecular flexibility index (Phi) is 2.67. The summed E-state index contributed by atoms with van der Waals surface area (Å²) in [6.07, 6.45) is 0. The second-order valence-electron chi connectivity index (χ2n) is 2.39. The Morgan fingerprint density at radius 1 is 1.54 bits per heavy atom. The third kappa shape index (κ3) is 1.86. The molecule has 0 bridgehead atoms. The number of hydrogen-bond donors (Lipinski definition) is 2. The zero-order valence-corrected chi connectivity index (χ0v) is 8.01. The van der Waals surface area contributed by atoms with Gasteiger partial charge in [0.1, 0.15) is 11.4 Å². The number of methoxy groups -OCH3 is 1. The summed E-state index contributed by atoms with van der Waals surface area (Å²) in [4.78, 5) is 7.55. The van der Waals surface area contributed by atoms with E-state index >= 15 is 0 Å². The molecule has 0 radical (unpaired) electrons. The van der Waals surface area contributed by atoms with E-state index in [1.807, 2.05) is 0 Å². The van der Waals surface area contributed by atoms with Gasteiger partial charge in [-0.15, -0.1) is 0 Å². The van der Waals surface area contributed by atoms with Crippen molar-refractivity contribution in [3.05, 3.63) is 11.0 Å². The van der Waals surface area contributed by atoms with E-state index in [2.05, 4.69) is 9.97 Å². The molecule has 3 N–H and O–H groups in total. The van der Waals surface area contributed by atoms with Crippen molar-refractivity contribution in [2.24, 2.45) is 0 Å². The van der Waals surface area contributed by atoms with Gasteiger partial charge in [-0.2, -0.15) is 4.98 Å². The van der Waals surface area contributed by atoms with Gasteiger partial charge in [-0.25, -0.2) is 4.98 Å². The van der Waals surface area contributed by atoms with Crippen LogP contribution in [0.15, 0.2) is 0 Å². The van der Waals surface area contributed by atoms with Crippen molar-refractivity contribution in [2.45, 2.75) is 6.92 Å². The predicted molar refractivity (Wildman–Crippen MR) is 50.5 cm³/mol. The Hall–Kier alpha value is -1.36. The van der Waals surface area contributed by atoms with Crippen molar-refractivity contribution in [3.8, 4) is 5.88 Å². The molecule has 0 aliphatic carbocycles. The van der Waals surface area contributed by atoms with Crippen LogP contribution in [0.3, 0.4) is 0 Å². The number of ether oxygens (including phenoxy) is 1. The number of anilines is 1. The van der Waals surface area contributed by atoms with E-state index in [1.54, 1.807) is 6.92 Å². The van der Waals surface area contributed by atoms with Crippen LogP contribution in [0, 0.1) is 5.41 Å². The minimum Gasteiger partial charge on any atom is -0.479 e. The largest absolute Gasteiger partial charge is 0.479 e. The van der Waals surface area contributed by atoms with Crippen molar-refractivity contribution in [1.29, 1.82) is 5.41 Å². The van der Waals surface area contributed by atoms with Crippen LogP contribution in [-0.2, 0) is 0 Å². The highest BCUT2D eigenvalue weighted by atomic mass is 35.5. The van der Waals surface area contributed by atoms with Crippen LogP contribution >= 0.6 is 11.6 Å². The predicted octanol–water partition coefficient (Wildman–Crippen LogP) is 1.11. The first-order valence-corrected chi connectivity index (χ1v) is 3.86. The van der Waals surface area contributed by atoms with E-state index in [9.17, 15) is 0 Å².